The number of carbonyl (C=O) groups excluding carboxylic acids is 1. The highest BCUT2D eigenvalue weighted by atomic mass is 16.4. The zero-order valence-corrected chi connectivity index (χ0v) is 10.7. The Bertz CT molecular complexity index is 412. The van der Waals surface area contributed by atoms with Crippen LogP contribution in [0.15, 0.2) is 10.5 Å². The summed E-state index contributed by atoms with van der Waals surface area (Å²) in [6.45, 7) is 8.54. The van der Waals surface area contributed by atoms with Crippen LogP contribution in [0, 0.1) is 6.92 Å². The largest absolute Gasteiger partial charge is 0.456 e. The standard InChI is InChI=1S/C13H20N2O2/c1-4-11-9(2)7-12(17-11)13(16)15-6-5-14-8-10(15)3/h7,10,14H,4-6,8H2,1-3H3/t10-/m1/s1. The minimum atomic E-state index is 0.0156. The average Bonchev–Trinajstić information content (AvgIpc) is 2.70. The number of carbonyl (C=O) groups is 1. The zero-order chi connectivity index (χ0) is 12.4. The molecule has 1 saturated heterocycles. The molecule has 1 fully saturated rings. The van der Waals surface area contributed by atoms with E-state index >= 15 is 0 Å². The van der Waals surface area contributed by atoms with E-state index in [-0.39, 0.29) is 11.9 Å². The Hall–Kier alpha value is -1.29. The van der Waals surface area contributed by atoms with E-state index in [1.807, 2.05) is 24.8 Å². The normalized spacial score (nSPS) is 20.6. The van der Waals surface area contributed by atoms with Crippen molar-refractivity contribution < 1.29 is 9.21 Å². The minimum absolute atomic E-state index is 0.0156. The molecule has 0 spiro atoms. The van der Waals surface area contributed by atoms with Crippen LogP contribution in [0.4, 0.5) is 0 Å². The highest BCUT2D eigenvalue weighted by molar-refractivity contribution is 5.92. The van der Waals surface area contributed by atoms with Gasteiger partial charge >= 0.3 is 0 Å². The first-order valence-electron chi connectivity index (χ1n) is 6.24. The van der Waals surface area contributed by atoms with E-state index in [0.717, 1.165) is 37.4 Å². The van der Waals surface area contributed by atoms with Crippen LogP contribution in [0.1, 0.15) is 35.7 Å². The first-order valence-corrected chi connectivity index (χ1v) is 6.24. The van der Waals surface area contributed by atoms with Gasteiger partial charge in [0.15, 0.2) is 5.76 Å². The molecule has 0 saturated carbocycles. The number of hydrogen-bond acceptors (Lipinski definition) is 3. The highest BCUT2D eigenvalue weighted by Gasteiger charge is 2.26. The van der Waals surface area contributed by atoms with Crippen molar-refractivity contribution in [2.75, 3.05) is 19.6 Å². The fraction of sp³-hybridized carbons (Fsp3) is 0.615. The van der Waals surface area contributed by atoms with Crippen molar-refractivity contribution in [1.82, 2.24) is 10.2 Å². The second-order valence-electron chi connectivity index (χ2n) is 4.62. The molecule has 2 rings (SSSR count). The maximum absolute atomic E-state index is 12.3. The van der Waals surface area contributed by atoms with Crippen molar-refractivity contribution in [1.29, 1.82) is 0 Å². The summed E-state index contributed by atoms with van der Waals surface area (Å²) in [6, 6.07) is 2.09. The van der Waals surface area contributed by atoms with Crippen LogP contribution in [0.25, 0.3) is 0 Å². The summed E-state index contributed by atoms with van der Waals surface area (Å²) >= 11 is 0. The molecule has 4 heteroatoms. The molecule has 94 valence electrons. The highest BCUT2D eigenvalue weighted by Crippen LogP contribution is 2.18. The Morgan fingerprint density at radius 3 is 3.00 bits per heavy atom. The molecule has 4 nitrogen and oxygen atoms in total. The molecule has 0 aliphatic carbocycles. The summed E-state index contributed by atoms with van der Waals surface area (Å²) in [6.07, 6.45) is 0.830. The molecule has 1 amide bonds. The summed E-state index contributed by atoms with van der Waals surface area (Å²) in [5.41, 5.74) is 1.07. The predicted octanol–water partition coefficient (Wildman–Crippen LogP) is 1.58. The third-order valence-corrected chi connectivity index (χ3v) is 3.31. The number of aryl methyl sites for hydroxylation is 2. The van der Waals surface area contributed by atoms with Crippen LogP contribution >= 0.6 is 0 Å². The van der Waals surface area contributed by atoms with Gasteiger partial charge in [0.1, 0.15) is 5.76 Å². The van der Waals surface area contributed by atoms with Crippen LogP contribution < -0.4 is 5.32 Å². The summed E-state index contributed by atoms with van der Waals surface area (Å²) in [7, 11) is 0. The van der Waals surface area contributed by atoms with Crippen molar-refractivity contribution in [2.45, 2.75) is 33.2 Å². The molecule has 17 heavy (non-hydrogen) atoms. The molecular weight excluding hydrogens is 216 g/mol. The lowest BCUT2D eigenvalue weighted by atomic mass is 10.2. The molecule has 1 N–H and O–H groups in total. The van der Waals surface area contributed by atoms with E-state index in [0.29, 0.717) is 5.76 Å². The lowest BCUT2D eigenvalue weighted by Gasteiger charge is -2.33. The zero-order valence-electron chi connectivity index (χ0n) is 10.7. The van der Waals surface area contributed by atoms with Gasteiger partial charge < -0.3 is 14.6 Å². The van der Waals surface area contributed by atoms with E-state index in [9.17, 15) is 4.79 Å². The van der Waals surface area contributed by atoms with E-state index in [1.165, 1.54) is 0 Å². The fourth-order valence-corrected chi connectivity index (χ4v) is 2.26. The van der Waals surface area contributed by atoms with Crippen LogP contribution in [0.5, 0.6) is 0 Å². The first kappa shape index (κ1) is 12.2. The molecule has 0 aromatic carbocycles. The first-order chi connectivity index (χ1) is 8.13. The monoisotopic (exact) mass is 236 g/mol. The summed E-state index contributed by atoms with van der Waals surface area (Å²) in [5, 5.41) is 3.27. The number of rotatable bonds is 2. The molecule has 1 aliphatic rings. The number of nitrogens with one attached hydrogen (secondary N) is 1. The third-order valence-electron chi connectivity index (χ3n) is 3.31. The van der Waals surface area contributed by atoms with Gasteiger partial charge in [0, 0.05) is 32.1 Å². The summed E-state index contributed by atoms with van der Waals surface area (Å²) in [4.78, 5) is 14.2. The van der Waals surface area contributed by atoms with Gasteiger partial charge in [-0.15, -0.1) is 0 Å². The van der Waals surface area contributed by atoms with Gasteiger partial charge in [-0.3, -0.25) is 4.79 Å². The number of furan rings is 1. The Balaban J connectivity index is 2.17. The second-order valence-corrected chi connectivity index (χ2v) is 4.62. The van der Waals surface area contributed by atoms with Crippen molar-refractivity contribution >= 4 is 5.91 Å². The van der Waals surface area contributed by atoms with Gasteiger partial charge in [0.05, 0.1) is 0 Å². The summed E-state index contributed by atoms with van der Waals surface area (Å²) < 4.78 is 5.62. The molecule has 0 bridgehead atoms. The number of hydrogen-bond donors (Lipinski definition) is 1. The quantitative estimate of drug-likeness (QED) is 0.848. The summed E-state index contributed by atoms with van der Waals surface area (Å²) in [5.74, 6) is 1.41. The van der Waals surface area contributed by atoms with Gasteiger partial charge in [0.25, 0.3) is 5.91 Å². The molecule has 0 unspecified atom stereocenters. The van der Waals surface area contributed by atoms with E-state index < -0.39 is 0 Å². The topological polar surface area (TPSA) is 45.5 Å². The Morgan fingerprint density at radius 1 is 1.65 bits per heavy atom. The van der Waals surface area contributed by atoms with Gasteiger partial charge in [-0.2, -0.15) is 0 Å². The number of nitrogens with zero attached hydrogens (tertiary/aromatic N) is 1. The Morgan fingerprint density at radius 2 is 2.41 bits per heavy atom. The van der Waals surface area contributed by atoms with E-state index in [2.05, 4.69) is 12.2 Å². The van der Waals surface area contributed by atoms with Crippen LogP contribution in [-0.4, -0.2) is 36.5 Å². The van der Waals surface area contributed by atoms with E-state index in [4.69, 9.17) is 4.42 Å². The molecule has 1 aromatic rings. The van der Waals surface area contributed by atoms with Crippen molar-refractivity contribution in [2.24, 2.45) is 0 Å². The molecule has 1 aliphatic heterocycles. The van der Waals surface area contributed by atoms with Crippen LogP contribution in [-0.2, 0) is 6.42 Å². The van der Waals surface area contributed by atoms with Gasteiger partial charge in [-0.05, 0) is 25.5 Å². The van der Waals surface area contributed by atoms with Gasteiger partial charge in [-0.25, -0.2) is 0 Å². The van der Waals surface area contributed by atoms with Crippen LogP contribution in [0.2, 0.25) is 0 Å². The minimum Gasteiger partial charge on any atom is -0.456 e. The lowest BCUT2D eigenvalue weighted by Crippen LogP contribution is -2.52. The molecule has 1 atom stereocenters. The maximum Gasteiger partial charge on any atom is 0.289 e. The average molecular weight is 236 g/mol. The van der Waals surface area contributed by atoms with E-state index in [1.54, 1.807) is 0 Å². The number of amides is 1. The molecule has 0 radical (unpaired) electrons. The third kappa shape index (κ3) is 2.36. The smallest absolute Gasteiger partial charge is 0.289 e. The van der Waals surface area contributed by atoms with Gasteiger partial charge in [-0.1, -0.05) is 6.92 Å². The molecular formula is C13H20N2O2. The SMILES string of the molecule is CCc1oc(C(=O)N2CCNC[C@H]2C)cc1C. The maximum atomic E-state index is 12.3. The molecule has 2 heterocycles. The molecule has 1 aromatic heterocycles. The Kier molecular flexibility index (Phi) is 3.52. The fourth-order valence-electron chi connectivity index (χ4n) is 2.26. The van der Waals surface area contributed by atoms with Crippen molar-refractivity contribution in [3.8, 4) is 0 Å². The lowest BCUT2D eigenvalue weighted by molar-refractivity contribution is 0.0621. The van der Waals surface area contributed by atoms with Gasteiger partial charge in [0.2, 0.25) is 0 Å². The van der Waals surface area contributed by atoms with Crippen LogP contribution in [0.3, 0.4) is 0 Å². The number of piperazine rings is 1. The van der Waals surface area contributed by atoms with Crippen molar-refractivity contribution in [3.05, 3.63) is 23.2 Å². The predicted molar refractivity (Wildman–Crippen MR) is 66.2 cm³/mol. The Labute approximate surface area is 102 Å². The second kappa shape index (κ2) is 4.92. The van der Waals surface area contributed by atoms with Crippen molar-refractivity contribution in [3.63, 3.8) is 0 Å².